The summed E-state index contributed by atoms with van der Waals surface area (Å²) < 4.78 is 6.59. The molecule has 1 aliphatic rings. The van der Waals surface area contributed by atoms with Gasteiger partial charge in [0.2, 0.25) is 0 Å². The normalized spacial score (nSPS) is 13.0. The number of carbonyl (C=O) groups excluding carboxylic acids is 3. The number of rotatable bonds is 5. The molecule has 0 saturated carbocycles. The molecule has 0 saturated heterocycles. The maximum Gasteiger partial charge on any atom is 0.339 e. The molecule has 1 aromatic carbocycles. The Kier molecular flexibility index (Phi) is 5.77. The van der Waals surface area contributed by atoms with Crippen LogP contribution in [0.25, 0.3) is 0 Å². The van der Waals surface area contributed by atoms with Crippen LogP contribution >= 0.6 is 0 Å². The molecule has 0 unspecified atom stereocenters. The van der Waals surface area contributed by atoms with E-state index in [4.69, 9.17) is 4.74 Å². The number of ether oxygens (including phenoxy) is 1. The van der Waals surface area contributed by atoms with E-state index >= 15 is 0 Å². The summed E-state index contributed by atoms with van der Waals surface area (Å²) in [5.74, 6) is -1.05. The molecule has 148 valence electrons. The summed E-state index contributed by atoms with van der Waals surface area (Å²) in [6, 6.07) is 6.57. The predicted octanol–water partition coefficient (Wildman–Crippen LogP) is 2.40. The third-order valence-corrected chi connectivity index (χ3v) is 4.54. The Morgan fingerprint density at radius 2 is 1.89 bits per heavy atom. The van der Waals surface area contributed by atoms with Gasteiger partial charge in [-0.15, -0.1) is 0 Å². The zero-order valence-corrected chi connectivity index (χ0v) is 16.2. The smallest absolute Gasteiger partial charge is 0.339 e. The summed E-state index contributed by atoms with van der Waals surface area (Å²) in [5.41, 5.74) is 1.55. The van der Waals surface area contributed by atoms with Crippen molar-refractivity contribution in [1.29, 1.82) is 0 Å². The highest BCUT2D eigenvalue weighted by Crippen LogP contribution is 2.23. The summed E-state index contributed by atoms with van der Waals surface area (Å²) in [7, 11) is 1.28. The lowest BCUT2D eigenvalue weighted by molar-refractivity contribution is 0.0601. The van der Waals surface area contributed by atoms with Crippen molar-refractivity contribution in [3.8, 4) is 0 Å². The first-order valence-corrected chi connectivity index (χ1v) is 9.31. The Bertz CT molecular complexity index is 917. The number of hydrogen-bond acceptors (Lipinski definition) is 5. The lowest BCUT2D eigenvalue weighted by Gasteiger charge is -2.17. The van der Waals surface area contributed by atoms with Crippen molar-refractivity contribution < 1.29 is 19.1 Å². The monoisotopic (exact) mass is 384 g/mol. The lowest BCUT2D eigenvalue weighted by Crippen LogP contribution is -2.33. The van der Waals surface area contributed by atoms with Gasteiger partial charge in [-0.3, -0.25) is 9.59 Å². The number of imidazole rings is 1. The fourth-order valence-electron chi connectivity index (χ4n) is 3.29. The fourth-order valence-corrected chi connectivity index (χ4v) is 3.29. The van der Waals surface area contributed by atoms with Gasteiger partial charge in [0, 0.05) is 12.6 Å². The first kappa shape index (κ1) is 19.6. The second-order valence-electron chi connectivity index (χ2n) is 6.96. The number of hydrogen-bond donors (Lipinski definition) is 2. The number of fused-ring (bicyclic) bond motifs is 1. The molecule has 8 heteroatoms. The highest BCUT2D eigenvalue weighted by atomic mass is 16.5. The molecule has 2 aromatic rings. The van der Waals surface area contributed by atoms with Crippen LogP contribution in [0.15, 0.2) is 24.3 Å². The summed E-state index contributed by atoms with van der Waals surface area (Å²) in [6.45, 7) is 4.39. The van der Waals surface area contributed by atoms with Crippen LogP contribution in [0, 0.1) is 0 Å². The number of nitrogens with one attached hydrogen (secondary N) is 2. The number of para-hydroxylation sites is 1. The zero-order valence-electron chi connectivity index (χ0n) is 16.2. The van der Waals surface area contributed by atoms with E-state index in [-0.39, 0.29) is 29.0 Å². The van der Waals surface area contributed by atoms with Crippen molar-refractivity contribution >= 4 is 23.5 Å². The van der Waals surface area contributed by atoms with E-state index in [1.54, 1.807) is 24.3 Å². The van der Waals surface area contributed by atoms with E-state index in [9.17, 15) is 14.4 Å². The van der Waals surface area contributed by atoms with E-state index in [1.165, 1.54) is 7.11 Å². The van der Waals surface area contributed by atoms with Gasteiger partial charge in [-0.25, -0.2) is 9.78 Å². The van der Waals surface area contributed by atoms with Crippen molar-refractivity contribution in [1.82, 2.24) is 14.9 Å². The zero-order chi connectivity index (χ0) is 20.3. The van der Waals surface area contributed by atoms with Gasteiger partial charge >= 0.3 is 5.97 Å². The first-order valence-electron chi connectivity index (χ1n) is 9.31. The molecule has 0 fully saturated rings. The SMILES string of the molecule is COC(=O)c1ccccc1NC(=O)c1nc(C(=O)NC(C)C)n2c1CCCC2. The number of amides is 2. The van der Waals surface area contributed by atoms with Crippen LogP contribution in [0.2, 0.25) is 0 Å². The van der Waals surface area contributed by atoms with E-state index in [0.717, 1.165) is 18.5 Å². The van der Waals surface area contributed by atoms with Gasteiger partial charge in [0.25, 0.3) is 11.8 Å². The Morgan fingerprint density at radius 3 is 2.61 bits per heavy atom. The second-order valence-corrected chi connectivity index (χ2v) is 6.96. The topological polar surface area (TPSA) is 102 Å². The molecule has 2 N–H and O–H groups in total. The quantitative estimate of drug-likeness (QED) is 0.771. The van der Waals surface area contributed by atoms with Crippen LogP contribution in [0.4, 0.5) is 5.69 Å². The molecular formula is C20H24N4O4. The highest BCUT2D eigenvalue weighted by molar-refractivity contribution is 6.08. The van der Waals surface area contributed by atoms with E-state index in [2.05, 4.69) is 15.6 Å². The van der Waals surface area contributed by atoms with Crippen molar-refractivity contribution in [2.24, 2.45) is 0 Å². The van der Waals surface area contributed by atoms with Gasteiger partial charge in [-0.05, 0) is 45.2 Å². The fraction of sp³-hybridized carbons (Fsp3) is 0.400. The van der Waals surface area contributed by atoms with E-state index in [1.807, 2.05) is 18.4 Å². The predicted molar refractivity (Wildman–Crippen MR) is 104 cm³/mol. The highest BCUT2D eigenvalue weighted by Gasteiger charge is 2.28. The van der Waals surface area contributed by atoms with Gasteiger partial charge in [-0.1, -0.05) is 12.1 Å². The van der Waals surface area contributed by atoms with Gasteiger partial charge in [-0.2, -0.15) is 0 Å². The minimum absolute atomic E-state index is 0.0340. The molecule has 3 rings (SSSR count). The van der Waals surface area contributed by atoms with Crippen molar-refractivity contribution in [2.45, 2.75) is 45.7 Å². The average molecular weight is 384 g/mol. The molecule has 8 nitrogen and oxygen atoms in total. The molecule has 0 radical (unpaired) electrons. The number of anilines is 1. The number of nitrogens with zero attached hydrogens (tertiary/aromatic N) is 2. The minimum atomic E-state index is -0.542. The summed E-state index contributed by atoms with van der Waals surface area (Å²) >= 11 is 0. The molecule has 0 bridgehead atoms. The van der Waals surface area contributed by atoms with Gasteiger partial charge in [0.1, 0.15) is 0 Å². The molecule has 0 atom stereocenters. The summed E-state index contributed by atoms with van der Waals surface area (Å²) in [6.07, 6.45) is 2.52. The third kappa shape index (κ3) is 3.90. The Morgan fingerprint density at radius 1 is 1.14 bits per heavy atom. The van der Waals surface area contributed by atoms with Gasteiger partial charge in [0.15, 0.2) is 11.5 Å². The third-order valence-electron chi connectivity index (χ3n) is 4.54. The maximum absolute atomic E-state index is 12.9. The van der Waals surface area contributed by atoms with E-state index in [0.29, 0.717) is 18.7 Å². The van der Waals surface area contributed by atoms with Crippen molar-refractivity contribution in [3.63, 3.8) is 0 Å². The maximum atomic E-state index is 12.9. The van der Waals surface area contributed by atoms with E-state index < -0.39 is 11.9 Å². The molecule has 2 amide bonds. The van der Waals surface area contributed by atoms with Crippen molar-refractivity contribution in [3.05, 3.63) is 47.0 Å². The molecule has 1 aliphatic heterocycles. The summed E-state index contributed by atoms with van der Waals surface area (Å²) in [4.78, 5) is 41.7. The van der Waals surface area contributed by atoms with Crippen LogP contribution in [0.3, 0.4) is 0 Å². The molecule has 2 heterocycles. The number of esters is 1. The molecule has 28 heavy (non-hydrogen) atoms. The molecule has 0 spiro atoms. The van der Waals surface area contributed by atoms with Crippen LogP contribution in [0.5, 0.6) is 0 Å². The Labute approximate surface area is 163 Å². The average Bonchev–Trinajstić information content (AvgIpc) is 3.07. The standard InChI is InChI=1S/C20H24N4O4/c1-12(2)21-19(26)17-23-16(15-10-6-7-11-24(15)17)18(25)22-14-9-5-4-8-13(14)20(27)28-3/h4-5,8-9,12H,6-7,10-11H2,1-3H3,(H,21,26)(H,22,25). The first-order chi connectivity index (χ1) is 13.4. The van der Waals surface area contributed by atoms with Crippen LogP contribution in [-0.2, 0) is 17.7 Å². The molecule has 0 aliphatic carbocycles. The van der Waals surface area contributed by atoms with Crippen LogP contribution in [0.1, 0.15) is 63.8 Å². The molecular weight excluding hydrogens is 360 g/mol. The van der Waals surface area contributed by atoms with Crippen molar-refractivity contribution in [2.75, 3.05) is 12.4 Å². The number of carbonyl (C=O) groups is 3. The Balaban J connectivity index is 1.94. The largest absolute Gasteiger partial charge is 0.465 e. The number of aromatic nitrogens is 2. The second kappa shape index (κ2) is 8.24. The Hall–Kier alpha value is -3.16. The lowest BCUT2D eigenvalue weighted by atomic mass is 10.1. The summed E-state index contributed by atoms with van der Waals surface area (Å²) in [5, 5.41) is 5.57. The minimum Gasteiger partial charge on any atom is -0.465 e. The van der Waals surface area contributed by atoms with Gasteiger partial charge < -0.3 is 19.9 Å². The number of methoxy groups -OCH3 is 1. The van der Waals surface area contributed by atoms with Gasteiger partial charge in [0.05, 0.1) is 24.1 Å². The number of benzene rings is 1. The van der Waals surface area contributed by atoms with Crippen LogP contribution < -0.4 is 10.6 Å². The van der Waals surface area contributed by atoms with Crippen LogP contribution in [-0.4, -0.2) is 40.5 Å². The molecule has 1 aromatic heterocycles.